The maximum atomic E-state index is 12.6. The summed E-state index contributed by atoms with van der Waals surface area (Å²) in [4.78, 5) is 36.6. The second kappa shape index (κ2) is 12.2. The molecule has 3 amide bonds. The number of hydrogen-bond acceptors (Lipinski definition) is 5. The molecule has 0 aliphatic rings. The molecular weight excluding hydrogens is 434 g/mol. The summed E-state index contributed by atoms with van der Waals surface area (Å²) in [6.07, 6.45) is -0.711. The van der Waals surface area contributed by atoms with Crippen molar-refractivity contribution in [3.8, 4) is 11.1 Å². The molecule has 8 nitrogen and oxygen atoms in total. The molecule has 0 aromatic heterocycles. The lowest BCUT2D eigenvalue weighted by Crippen LogP contribution is -2.54. The Balaban J connectivity index is 1.56. The van der Waals surface area contributed by atoms with Gasteiger partial charge in [-0.2, -0.15) is 0 Å². The molecule has 2 atom stereocenters. The molecule has 0 aliphatic carbocycles. The minimum absolute atomic E-state index is 0.00925. The van der Waals surface area contributed by atoms with Crippen molar-refractivity contribution in [2.75, 3.05) is 6.61 Å². The van der Waals surface area contributed by atoms with Crippen molar-refractivity contribution in [3.05, 3.63) is 96.1 Å². The summed E-state index contributed by atoms with van der Waals surface area (Å²) < 4.78 is 5.07. The molecule has 3 rings (SSSR count). The number of primary amides is 1. The molecule has 0 bridgehead atoms. The largest absolute Gasteiger partial charge is 0.445 e. The van der Waals surface area contributed by atoms with Crippen LogP contribution in [0.5, 0.6) is 0 Å². The van der Waals surface area contributed by atoms with E-state index in [0.29, 0.717) is 0 Å². The number of carbonyl (C=O) groups excluding carboxylic acids is 3. The number of rotatable bonds is 10. The molecule has 0 unspecified atom stereocenters. The van der Waals surface area contributed by atoms with Gasteiger partial charge in [-0.1, -0.05) is 84.9 Å². The van der Waals surface area contributed by atoms with Crippen molar-refractivity contribution >= 4 is 17.9 Å². The maximum Gasteiger partial charge on any atom is 0.408 e. The van der Waals surface area contributed by atoms with Crippen LogP contribution in [-0.4, -0.2) is 41.7 Å². The van der Waals surface area contributed by atoms with E-state index in [9.17, 15) is 19.5 Å². The zero-order valence-electron chi connectivity index (χ0n) is 18.5. The summed E-state index contributed by atoms with van der Waals surface area (Å²) in [5.41, 5.74) is 9.12. The van der Waals surface area contributed by atoms with Gasteiger partial charge >= 0.3 is 6.09 Å². The van der Waals surface area contributed by atoms with Crippen LogP contribution in [0.4, 0.5) is 4.79 Å². The monoisotopic (exact) mass is 461 g/mol. The second-order valence-electron chi connectivity index (χ2n) is 7.67. The Hall–Kier alpha value is -4.17. The Kier molecular flexibility index (Phi) is 8.76. The lowest BCUT2D eigenvalue weighted by molar-refractivity contribution is -0.129. The van der Waals surface area contributed by atoms with Gasteiger partial charge in [-0.15, -0.1) is 0 Å². The minimum atomic E-state index is -1.30. The average Bonchev–Trinajstić information content (AvgIpc) is 2.87. The molecule has 0 radical (unpaired) electrons. The number of benzene rings is 3. The number of amides is 3. The highest BCUT2D eigenvalue weighted by Gasteiger charge is 2.26. The van der Waals surface area contributed by atoms with E-state index in [1.807, 2.05) is 60.7 Å². The van der Waals surface area contributed by atoms with Crippen LogP contribution >= 0.6 is 0 Å². The number of alkyl carbamates (subject to hydrolysis) is 1. The molecular formula is C26H27N3O5. The summed E-state index contributed by atoms with van der Waals surface area (Å²) >= 11 is 0. The molecule has 0 aliphatic heterocycles. The summed E-state index contributed by atoms with van der Waals surface area (Å²) in [5.74, 6) is -1.48. The van der Waals surface area contributed by atoms with Gasteiger partial charge in [0, 0.05) is 6.42 Å². The minimum Gasteiger partial charge on any atom is -0.445 e. The predicted molar refractivity (Wildman–Crippen MR) is 127 cm³/mol. The van der Waals surface area contributed by atoms with E-state index in [1.54, 1.807) is 24.3 Å². The van der Waals surface area contributed by atoms with Crippen LogP contribution in [0.25, 0.3) is 11.1 Å². The molecule has 0 saturated carbocycles. The third kappa shape index (κ3) is 7.18. The quantitative estimate of drug-likeness (QED) is 0.368. The van der Waals surface area contributed by atoms with Gasteiger partial charge < -0.3 is 26.2 Å². The molecule has 0 spiro atoms. The normalized spacial score (nSPS) is 12.3. The first-order valence-electron chi connectivity index (χ1n) is 10.8. The van der Waals surface area contributed by atoms with E-state index in [4.69, 9.17) is 10.5 Å². The molecule has 0 heterocycles. The van der Waals surface area contributed by atoms with Crippen LogP contribution in [0.2, 0.25) is 0 Å². The maximum absolute atomic E-state index is 12.6. The molecule has 176 valence electrons. The summed E-state index contributed by atoms with van der Waals surface area (Å²) in [7, 11) is 0. The van der Waals surface area contributed by atoms with E-state index in [0.717, 1.165) is 22.3 Å². The van der Waals surface area contributed by atoms with Gasteiger partial charge in [0.1, 0.15) is 18.7 Å². The van der Waals surface area contributed by atoms with Crippen molar-refractivity contribution in [3.63, 3.8) is 0 Å². The summed E-state index contributed by atoms with van der Waals surface area (Å²) in [6.45, 7) is -0.668. The first-order chi connectivity index (χ1) is 16.5. The van der Waals surface area contributed by atoms with Crippen molar-refractivity contribution in [2.24, 2.45) is 5.73 Å². The average molecular weight is 462 g/mol. The predicted octanol–water partition coefficient (Wildman–Crippen LogP) is 2.15. The number of aliphatic hydroxyl groups is 1. The number of carbonyl (C=O) groups is 3. The first kappa shape index (κ1) is 24.5. The zero-order chi connectivity index (χ0) is 24.3. The van der Waals surface area contributed by atoms with E-state index in [2.05, 4.69) is 10.6 Å². The second-order valence-corrected chi connectivity index (χ2v) is 7.67. The van der Waals surface area contributed by atoms with E-state index < -0.39 is 36.6 Å². The number of nitrogens with two attached hydrogens (primary N) is 1. The van der Waals surface area contributed by atoms with Crippen molar-refractivity contribution in [1.82, 2.24) is 10.6 Å². The van der Waals surface area contributed by atoms with E-state index >= 15 is 0 Å². The van der Waals surface area contributed by atoms with Gasteiger partial charge in [0.2, 0.25) is 11.8 Å². The summed E-state index contributed by atoms with van der Waals surface area (Å²) in [5, 5.41) is 14.4. The third-order valence-electron chi connectivity index (χ3n) is 5.16. The molecule has 8 heteroatoms. The van der Waals surface area contributed by atoms with Gasteiger partial charge in [0.15, 0.2) is 0 Å². The van der Waals surface area contributed by atoms with Gasteiger partial charge in [-0.25, -0.2) is 4.79 Å². The highest BCUT2D eigenvalue weighted by Crippen LogP contribution is 2.19. The Morgan fingerprint density at radius 1 is 0.765 bits per heavy atom. The Labute approximate surface area is 197 Å². The molecule has 3 aromatic carbocycles. The van der Waals surface area contributed by atoms with Crippen LogP contribution in [0.1, 0.15) is 11.1 Å². The van der Waals surface area contributed by atoms with Crippen LogP contribution in [-0.2, 0) is 27.4 Å². The van der Waals surface area contributed by atoms with Gasteiger partial charge in [0.05, 0.1) is 6.61 Å². The fraction of sp³-hybridized carbons (Fsp3) is 0.192. The number of ether oxygens (including phenoxy) is 1. The molecule has 5 N–H and O–H groups in total. The fourth-order valence-corrected chi connectivity index (χ4v) is 3.30. The molecule has 0 fully saturated rings. The van der Waals surface area contributed by atoms with Gasteiger partial charge in [0.25, 0.3) is 0 Å². The van der Waals surface area contributed by atoms with Gasteiger partial charge in [-0.05, 0) is 22.3 Å². The Morgan fingerprint density at radius 2 is 1.35 bits per heavy atom. The molecule has 0 saturated heterocycles. The van der Waals surface area contributed by atoms with Crippen molar-refractivity contribution in [2.45, 2.75) is 25.1 Å². The first-order valence-corrected chi connectivity index (χ1v) is 10.8. The zero-order valence-corrected chi connectivity index (χ0v) is 18.5. The highest BCUT2D eigenvalue weighted by molar-refractivity contribution is 5.91. The molecule has 3 aromatic rings. The van der Waals surface area contributed by atoms with Crippen molar-refractivity contribution < 1.29 is 24.2 Å². The Bertz CT molecular complexity index is 1090. The van der Waals surface area contributed by atoms with E-state index in [1.165, 1.54) is 0 Å². The number of nitrogens with one attached hydrogen (secondary N) is 2. The van der Waals surface area contributed by atoms with Crippen LogP contribution in [0, 0.1) is 0 Å². The summed E-state index contributed by atoms with van der Waals surface area (Å²) in [6, 6.07) is 24.1. The topological polar surface area (TPSA) is 131 Å². The standard InChI is InChI=1S/C26H27N3O5/c27-24(31)22(15-18-11-13-21(14-12-18)20-9-5-2-6-10-20)28-25(32)23(16-30)29-26(33)34-17-19-7-3-1-4-8-19/h1-14,22-23,30H,15-17H2,(H2,27,31)(H,28,32)(H,29,33)/t22-,23+/m1/s1. The van der Waals surface area contributed by atoms with Crippen LogP contribution in [0.3, 0.4) is 0 Å². The van der Waals surface area contributed by atoms with Crippen molar-refractivity contribution in [1.29, 1.82) is 0 Å². The van der Waals surface area contributed by atoms with E-state index in [-0.39, 0.29) is 13.0 Å². The lowest BCUT2D eigenvalue weighted by atomic mass is 10.0. The highest BCUT2D eigenvalue weighted by atomic mass is 16.5. The fourth-order valence-electron chi connectivity index (χ4n) is 3.30. The lowest BCUT2D eigenvalue weighted by Gasteiger charge is -2.20. The number of aliphatic hydroxyl groups excluding tert-OH is 1. The van der Waals surface area contributed by atoms with Crippen LogP contribution < -0.4 is 16.4 Å². The molecule has 34 heavy (non-hydrogen) atoms. The number of hydrogen-bond donors (Lipinski definition) is 4. The Morgan fingerprint density at radius 3 is 1.94 bits per heavy atom. The van der Waals surface area contributed by atoms with Gasteiger partial charge in [-0.3, -0.25) is 9.59 Å². The SMILES string of the molecule is NC(=O)[C@@H](Cc1ccc(-c2ccccc2)cc1)NC(=O)[C@H](CO)NC(=O)OCc1ccccc1. The third-order valence-corrected chi connectivity index (χ3v) is 5.16. The smallest absolute Gasteiger partial charge is 0.408 e. The van der Waals surface area contributed by atoms with Crippen LogP contribution in [0.15, 0.2) is 84.9 Å².